The molecule has 0 aromatic heterocycles. The van der Waals surface area contributed by atoms with Crippen molar-refractivity contribution in [3.05, 3.63) is 0 Å². The summed E-state index contributed by atoms with van der Waals surface area (Å²) in [5, 5.41) is 5.62. The van der Waals surface area contributed by atoms with Crippen LogP contribution < -0.4 is 10.6 Å². The second-order valence-corrected chi connectivity index (χ2v) is 3.32. The lowest BCUT2D eigenvalue weighted by Crippen LogP contribution is -2.45. The van der Waals surface area contributed by atoms with E-state index in [9.17, 15) is 4.79 Å². The van der Waals surface area contributed by atoms with Gasteiger partial charge in [-0.25, -0.2) is 4.79 Å². The molecule has 0 aliphatic heterocycles. The Morgan fingerprint density at radius 3 is 2.92 bits per heavy atom. The summed E-state index contributed by atoms with van der Waals surface area (Å²) in [5.41, 5.74) is 0. The molecule has 2 N–H and O–H groups in total. The predicted molar refractivity (Wildman–Crippen MR) is 50.6 cm³/mol. The number of amides is 2. The van der Waals surface area contributed by atoms with Gasteiger partial charge < -0.3 is 15.4 Å². The number of rotatable bonds is 3. The third-order valence-corrected chi connectivity index (χ3v) is 2.41. The van der Waals surface area contributed by atoms with Crippen LogP contribution in [0, 0.1) is 0 Å². The normalized spacial score (nSPS) is 27.2. The number of hydrogen-bond donors (Lipinski definition) is 2. The van der Waals surface area contributed by atoms with E-state index in [2.05, 4.69) is 10.6 Å². The number of hydrogen-bond acceptors (Lipinski definition) is 2. The third-order valence-electron chi connectivity index (χ3n) is 2.41. The van der Waals surface area contributed by atoms with E-state index in [0.29, 0.717) is 6.54 Å². The standard InChI is InChI=1S/C9H18N2O2/c1-3-10-9(12)11-7-5-4-6-8(7)13-2/h7-8H,3-6H2,1-2H3,(H2,10,11,12). The van der Waals surface area contributed by atoms with E-state index in [1.54, 1.807) is 7.11 Å². The average molecular weight is 186 g/mol. The van der Waals surface area contributed by atoms with Gasteiger partial charge in [-0.3, -0.25) is 0 Å². The van der Waals surface area contributed by atoms with Gasteiger partial charge in [-0.2, -0.15) is 0 Å². The van der Waals surface area contributed by atoms with Crippen molar-refractivity contribution in [1.29, 1.82) is 0 Å². The van der Waals surface area contributed by atoms with Crippen LogP contribution in [0.4, 0.5) is 4.79 Å². The Bertz CT molecular complexity index is 173. The fraction of sp³-hybridized carbons (Fsp3) is 0.889. The summed E-state index contributed by atoms with van der Waals surface area (Å²) in [5.74, 6) is 0. The van der Waals surface area contributed by atoms with Crippen molar-refractivity contribution < 1.29 is 9.53 Å². The molecule has 0 heterocycles. The molecule has 1 aliphatic carbocycles. The minimum absolute atomic E-state index is 0.0866. The quantitative estimate of drug-likeness (QED) is 0.687. The Morgan fingerprint density at radius 1 is 1.54 bits per heavy atom. The van der Waals surface area contributed by atoms with Crippen LogP contribution in [-0.2, 0) is 4.74 Å². The van der Waals surface area contributed by atoms with Crippen LogP contribution in [0.25, 0.3) is 0 Å². The topological polar surface area (TPSA) is 50.4 Å². The Kier molecular flexibility index (Phi) is 4.02. The van der Waals surface area contributed by atoms with Gasteiger partial charge in [-0.1, -0.05) is 0 Å². The lowest BCUT2D eigenvalue weighted by atomic mass is 10.2. The van der Waals surface area contributed by atoms with E-state index in [1.807, 2.05) is 6.92 Å². The molecular formula is C9H18N2O2. The van der Waals surface area contributed by atoms with Crippen LogP contribution in [0.2, 0.25) is 0 Å². The van der Waals surface area contributed by atoms with Gasteiger partial charge in [0.2, 0.25) is 0 Å². The molecule has 4 heteroatoms. The first-order valence-corrected chi connectivity index (χ1v) is 4.85. The van der Waals surface area contributed by atoms with Gasteiger partial charge in [-0.15, -0.1) is 0 Å². The fourth-order valence-corrected chi connectivity index (χ4v) is 1.75. The van der Waals surface area contributed by atoms with E-state index < -0.39 is 0 Å². The molecule has 0 aromatic carbocycles. The van der Waals surface area contributed by atoms with Gasteiger partial charge >= 0.3 is 6.03 Å². The number of carbonyl (C=O) groups excluding carboxylic acids is 1. The zero-order valence-electron chi connectivity index (χ0n) is 8.30. The van der Waals surface area contributed by atoms with Gasteiger partial charge in [-0.05, 0) is 26.2 Å². The lowest BCUT2D eigenvalue weighted by Gasteiger charge is -2.19. The van der Waals surface area contributed by atoms with Crippen molar-refractivity contribution in [3.8, 4) is 0 Å². The van der Waals surface area contributed by atoms with E-state index in [0.717, 1.165) is 19.3 Å². The summed E-state index contributed by atoms with van der Waals surface area (Å²) in [6.07, 6.45) is 3.40. The Balaban J connectivity index is 2.30. The molecule has 2 unspecified atom stereocenters. The third kappa shape index (κ3) is 2.88. The van der Waals surface area contributed by atoms with Crippen molar-refractivity contribution in [3.63, 3.8) is 0 Å². The lowest BCUT2D eigenvalue weighted by molar-refractivity contribution is 0.0875. The SMILES string of the molecule is CCNC(=O)NC1CCCC1OC. The minimum atomic E-state index is -0.0866. The second kappa shape index (κ2) is 5.07. The van der Waals surface area contributed by atoms with Crippen LogP contribution in [-0.4, -0.2) is 31.8 Å². The molecule has 76 valence electrons. The van der Waals surface area contributed by atoms with Crippen LogP contribution in [0.5, 0.6) is 0 Å². The molecule has 0 aromatic rings. The predicted octanol–water partition coefficient (Wildman–Crippen LogP) is 0.873. The van der Waals surface area contributed by atoms with Crippen LogP contribution >= 0.6 is 0 Å². The second-order valence-electron chi connectivity index (χ2n) is 3.32. The Morgan fingerprint density at radius 2 is 2.31 bits per heavy atom. The molecule has 4 nitrogen and oxygen atoms in total. The number of urea groups is 1. The summed E-state index contributed by atoms with van der Waals surface area (Å²) in [6, 6.07) is 0.105. The number of ether oxygens (including phenoxy) is 1. The molecular weight excluding hydrogens is 168 g/mol. The molecule has 2 atom stereocenters. The van der Waals surface area contributed by atoms with Crippen LogP contribution in [0.1, 0.15) is 26.2 Å². The molecule has 13 heavy (non-hydrogen) atoms. The van der Waals surface area contributed by atoms with Gasteiger partial charge in [0.1, 0.15) is 0 Å². The van der Waals surface area contributed by atoms with Crippen molar-refractivity contribution in [2.24, 2.45) is 0 Å². The Hall–Kier alpha value is -0.770. The molecule has 1 aliphatic rings. The maximum absolute atomic E-state index is 11.2. The molecule has 0 saturated heterocycles. The van der Waals surface area contributed by atoms with E-state index in [1.165, 1.54) is 0 Å². The summed E-state index contributed by atoms with van der Waals surface area (Å²) >= 11 is 0. The summed E-state index contributed by atoms with van der Waals surface area (Å²) in [7, 11) is 1.70. The van der Waals surface area contributed by atoms with Gasteiger partial charge in [0.05, 0.1) is 12.1 Å². The number of carbonyl (C=O) groups is 1. The summed E-state index contributed by atoms with van der Waals surface area (Å²) in [4.78, 5) is 11.2. The van der Waals surface area contributed by atoms with Gasteiger partial charge in [0.15, 0.2) is 0 Å². The Labute approximate surface area is 79.0 Å². The van der Waals surface area contributed by atoms with Crippen molar-refractivity contribution in [2.75, 3.05) is 13.7 Å². The van der Waals surface area contributed by atoms with Crippen molar-refractivity contribution in [1.82, 2.24) is 10.6 Å². The monoisotopic (exact) mass is 186 g/mol. The van der Waals surface area contributed by atoms with E-state index >= 15 is 0 Å². The minimum Gasteiger partial charge on any atom is -0.379 e. The first-order chi connectivity index (χ1) is 6.27. The molecule has 0 radical (unpaired) electrons. The summed E-state index contributed by atoms with van der Waals surface area (Å²) in [6.45, 7) is 2.57. The average Bonchev–Trinajstić information content (AvgIpc) is 2.52. The first kappa shape index (κ1) is 10.3. The van der Waals surface area contributed by atoms with E-state index in [-0.39, 0.29) is 18.2 Å². The first-order valence-electron chi connectivity index (χ1n) is 4.85. The highest BCUT2D eigenvalue weighted by Gasteiger charge is 2.27. The molecule has 0 bridgehead atoms. The highest BCUT2D eigenvalue weighted by Crippen LogP contribution is 2.21. The van der Waals surface area contributed by atoms with Crippen LogP contribution in [0.15, 0.2) is 0 Å². The molecule has 2 amide bonds. The highest BCUT2D eigenvalue weighted by atomic mass is 16.5. The smallest absolute Gasteiger partial charge is 0.315 e. The van der Waals surface area contributed by atoms with Crippen molar-refractivity contribution >= 4 is 6.03 Å². The van der Waals surface area contributed by atoms with Crippen LogP contribution in [0.3, 0.4) is 0 Å². The molecule has 0 spiro atoms. The largest absolute Gasteiger partial charge is 0.379 e. The van der Waals surface area contributed by atoms with Crippen molar-refractivity contribution in [2.45, 2.75) is 38.3 Å². The maximum atomic E-state index is 11.2. The molecule has 1 saturated carbocycles. The molecule has 1 rings (SSSR count). The fourth-order valence-electron chi connectivity index (χ4n) is 1.75. The van der Waals surface area contributed by atoms with Gasteiger partial charge in [0, 0.05) is 13.7 Å². The summed E-state index contributed by atoms with van der Waals surface area (Å²) < 4.78 is 5.26. The van der Waals surface area contributed by atoms with E-state index in [4.69, 9.17) is 4.74 Å². The maximum Gasteiger partial charge on any atom is 0.315 e. The highest BCUT2D eigenvalue weighted by molar-refractivity contribution is 5.74. The zero-order valence-corrected chi connectivity index (χ0v) is 8.30. The zero-order chi connectivity index (χ0) is 9.68. The number of nitrogens with one attached hydrogen (secondary N) is 2. The molecule has 1 fully saturated rings. The van der Waals surface area contributed by atoms with Gasteiger partial charge in [0.25, 0.3) is 0 Å². The number of methoxy groups -OCH3 is 1.